The van der Waals surface area contributed by atoms with Gasteiger partial charge in [0, 0.05) is 24.6 Å². The third-order valence-corrected chi connectivity index (χ3v) is 4.82. The molecule has 8 heteroatoms. The lowest BCUT2D eigenvalue weighted by Crippen LogP contribution is -2.23. The molecule has 0 unspecified atom stereocenters. The highest BCUT2D eigenvalue weighted by molar-refractivity contribution is 8.00. The average Bonchev–Trinajstić information content (AvgIpc) is 2.69. The summed E-state index contributed by atoms with van der Waals surface area (Å²) < 4.78 is 23.6. The number of thioether (sulfide) groups is 1. The number of ketones is 1. The molecule has 2 rings (SSSR count). The molecule has 6 nitrogen and oxygen atoms in total. The van der Waals surface area contributed by atoms with Gasteiger partial charge in [-0.2, -0.15) is 0 Å². The van der Waals surface area contributed by atoms with Gasteiger partial charge in [0.05, 0.1) is 18.4 Å². The van der Waals surface area contributed by atoms with Crippen LogP contribution in [0.3, 0.4) is 0 Å². The van der Waals surface area contributed by atoms with Gasteiger partial charge in [-0.05, 0) is 30.3 Å². The molecule has 28 heavy (non-hydrogen) atoms. The molecule has 0 atom stereocenters. The van der Waals surface area contributed by atoms with Crippen LogP contribution in [0.4, 0.5) is 4.39 Å². The third kappa shape index (κ3) is 5.56. The number of Topliss-reactive ketones (excluding diaryl/α,β-unsaturated/α-hetero) is 1. The van der Waals surface area contributed by atoms with Crippen molar-refractivity contribution in [2.24, 2.45) is 0 Å². The summed E-state index contributed by atoms with van der Waals surface area (Å²) in [7, 11) is 4.62. The van der Waals surface area contributed by atoms with E-state index in [1.165, 1.54) is 35.9 Å². The average molecular weight is 405 g/mol. The Morgan fingerprint density at radius 3 is 2.46 bits per heavy atom. The van der Waals surface area contributed by atoms with Crippen LogP contribution < -0.4 is 4.74 Å². The molecular formula is C20H20FNO5S. The highest BCUT2D eigenvalue weighted by Crippen LogP contribution is 2.24. The monoisotopic (exact) mass is 405 g/mol. The van der Waals surface area contributed by atoms with Gasteiger partial charge in [0.25, 0.3) is 0 Å². The van der Waals surface area contributed by atoms with Gasteiger partial charge < -0.3 is 14.4 Å². The first-order chi connectivity index (χ1) is 13.3. The van der Waals surface area contributed by atoms with E-state index in [4.69, 9.17) is 9.47 Å². The van der Waals surface area contributed by atoms with Gasteiger partial charge in [-0.1, -0.05) is 12.1 Å². The summed E-state index contributed by atoms with van der Waals surface area (Å²) in [6.07, 6.45) is 0. The summed E-state index contributed by atoms with van der Waals surface area (Å²) in [4.78, 5) is 38.3. The number of esters is 1. The molecular weight excluding hydrogens is 385 g/mol. The van der Waals surface area contributed by atoms with Crippen LogP contribution in [0.5, 0.6) is 5.75 Å². The van der Waals surface area contributed by atoms with E-state index in [0.717, 1.165) is 6.07 Å². The predicted molar refractivity (Wildman–Crippen MR) is 103 cm³/mol. The Morgan fingerprint density at radius 1 is 1.11 bits per heavy atom. The quantitative estimate of drug-likeness (QED) is 0.382. The molecule has 2 aromatic carbocycles. The maximum absolute atomic E-state index is 13.7. The molecule has 0 aliphatic rings. The van der Waals surface area contributed by atoms with Crippen LogP contribution in [0, 0.1) is 5.82 Å². The van der Waals surface area contributed by atoms with Gasteiger partial charge in [-0.25, -0.2) is 9.18 Å². The third-order valence-electron chi connectivity index (χ3n) is 3.77. The van der Waals surface area contributed by atoms with E-state index in [2.05, 4.69) is 0 Å². The van der Waals surface area contributed by atoms with Crippen molar-refractivity contribution in [2.75, 3.05) is 33.6 Å². The van der Waals surface area contributed by atoms with Gasteiger partial charge in [0.2, 0.25) is 5.91 Å². The second kappa shape index (κ2) is 9.89. The van der Waals surface area contributed by atoms with Crippen molar-refractivity contribution >= 4 is 29.4 Å². The maximum atomic E-state index is 13.7. The lowest BCUT2D eigenvalue weighted by atomic mass is 10.1. The number of benzene rings is 2. The van der Waals surface area contributed by atoms with Crippen molar-refractivity contribution < 1.29 is 28.2 Å². The number of hydrogen-bond acceptors (Lipinski definition) is 6. The zero-order chi connectivity index (χ0) is 20.7. The van der Waals surface area contributed by atoms with Crippen molar-refractivity contribution in [1.82, 2.24) is 4.90 Å². The lowest BCUT2D eigenvalue weighted by molar-refractivity contribution is -0.125. The number of rotatable bonds is 8. The fourth-order valence-electron chi connectivity index (χ4n) is 2.16. The van der Waals surface area contributed by atoms with E-state index >= 15 is 0 Å². The predicted octanol–water partition coefficient (Wildman–Crippen LogP) is 3.05. The normalized spacial score (nSPS) is 10.3. The van der Waals surface area contributed by atoms with E-state index in [1.54, 1.807) is 38.4 Å². The zero-order valence-corrected chi connectivity index (χ0v) is 16.5. The molecule has 0 aromatic heterocycles. The molecule has 0 bridgehead atoms. The number of carbonyl (C=O) groups excluding carboxylic acids is 3. The number of amides is 1. The molecule has 148 valence electrons. The minimum absolute atomic E-state index is 0.0202. The molecule has 0 aliphatic carbocycles. The van der Waals surface area contributed by atoms with Gasteiger partial charge in [-0.15, -0.1) is 11.8 Å². The first-order valence-corrected chi connectivity index (χ1v) is 9.28. The SMILES string of the molecule is COc1ccc(C(=O)COC(=O)c2ccccc2SCC(=O)N(C)C)cc1F. The summed E-state index contributed by atoms with van der Waals surface area (Å²) in [6, 6.07) is 10.4. The summed E-state index contributed by atoms with van der Waals surface area (Å²) in [6.45, 7) is -0.528. The van der Waals surface area contributed by atoms with Gasteiger partial charge >= 0.3 is 5.97 Å². The Kier molecular flexibility index (Phi) is 7.57. The van der Waals surface area contributed by atoms with Crippen molar-refractivity contribution in [3.05, 3.63) is 59.4 Å². The molecule has 0 spiro atoms. The van der Waals surface area contributed by atoms with Crippen LogP contribution in [-0.2, 0) is 9.53 Å². The lowest BCUT2D eigenvalue weighted by Gasteiger charge is -2.12. The molecule has 0 radical (unpaired) electrons. The van der Waals surface area contributed by atoms with Crippen molar-refractivity contribution in [3.63, 3.8) is 0 Å². The molecule has 1 amide bonds. The van der Waals surface area contributed by atoms with Crippen LogP contribution in [0.1, 0.15) is 20.7 Å². The Bertz CT molecular complexity index is 885. The minimum atomic E-state index is -0.692. The Morgan fingerprint density at radius 2 is 1.82 bits per heavy atom. The summed E-state index contributed by atoms with van der Waals surface area (Å²) in [5.74, 6) is -1.81. The highest BCUT2D eigenvalue weighted by Gasteiger charge is 2.17. The second-order valence-electron chi connectivity index (χ2n) is 5.92. The number of methoxy groups -OCH3 is 1. The number of nitrogens with zero attached hydrogens (tertiary/aromatic N) is 1. The molecule has 0 aliphatic heterocycles. The minimum Gasteiger partial charge on any atom is -0.494 e. The number of ether oxygens (including phenoxy) is 2. The van der Waals surface area contributed by atoms with Crippen LogP contribution in [0.15, 0.2) is 47.4 Å². The topological polar surface area (TPSA) is 72.9 Å². The van der Waals surface area contributed by atoms with E-state index in [-0.39, 0.29) is 28.5 Å². The molecule has 0 saturated carbocycles. The second-order valence-corrected chi connectivity index (χ2v) is 6.94. The largest absolute Gasteiger partial charge is 0.494 e. The summed E-state index contributed by atoms with van der Waals surface area (Å²) >= 11 is 1.21. The smallest absolute Gasteiger partial charge is 0.339 e. The molecule has 0 heterocycles. The molecule has 0 N–H and O–H groups in total. The number of carbonyl (C=O) groups is 3. The van der Waals surface area contributed by atoms with E-state index in [0.29, 0.717) is 4.90 Å². The van der Waals surface area contributed by atoms with Gasteiger partial charge in [0.1, 0.15) is 0 Å². The maximum Gasteiger partial charge on any atom is 0.339 e. The summed E-state index contributed by atoms with van der Waals surface area (Å²) in [5, 5.41) is 0. The Labute approximate surface area is 166 Å². The van der Waals surface area contributed by atoms with Crippen molar-refractivity contribution in [1.29, 1.82) is 0 Å². The number of hydrogen-bond donors (Lipinski definition) is 0. The molecule has 2 aromatic rings. The van der Waals surface area contributed by atoms with Crippen molar-refractivity contribution in [2.45, 2.75) is 4.90 Å². The zero-order valence-electron chi connectivity index (χ0n) is 15.7. The van der Waals surface area contributed by atoms with Crippen LogP contribution in [0.25, 0.3) is 0 Å². The van der Waals surface area contributed by atoms with Crippen molar-refractivity contribution in [3.8, 4) is 5.75 Å². The number of halogens is 1. The fraction of sp³-hybridized carbons (Fsp3) is 0.250. The van der Waals surface area contributed by atoms with Gasteiger partial charge in [0.15, 0.2) is 24.0 Å². The van der Waals surface area contributed by atoms with Crippen LogP contribution in [-0.4, -0.2) is 56.1 Å². The summed E-state index contributed by atoms with van der Waals surface area (Å²) in [5.41, 5.74) is 0.332. The standard InChI is InChI=1S/C20H20FNO5S/c1-22(2)19(24)12-28-18-7-5-4-6-14(18)20(25)27-11-16(23)13-8-9-17(26-3)15(21)10-13/h4-10H,11-12H2,1-3H3. The van der Waals surface area contributed by atoms with Gasteiger partial charge in [-0.3, -0.25) is 9.59 Å². The van der Waals surface area contributed by atoms with Crippen LogP contribution >= 0.6 is 11.8 Å². The Hall–Kier alpha value is -2.87. The van der Waals surface area contributed by atoms with Crippen LogP contribution in [0.2, 0.25) is 0 Å². The molecule has 0 saturated heterocycles. The van der Waals surface area contributed by atoms with E-state index in [9.17, 15) is 18.8 Å². The molecule has 0 fully saturated rings. The first kappa shape index (κ1) is 21.4. The highest BCUT2D eigenvalue weighted by atomic mass is 32.2. The Balaban J connectivity index is 2.02. The van der Waals surface area contributed by atoms with E-state index < -0.39 is 24.2 Å². The first-order valence-electron chi connectivity index (χ1n) is 8.29. The van der Waals surface area contributed by atoms with E-state index in [1.807, 2.05) is 0 Å². The fourth-order valence-corrected chi connectivity index (χ4v) is 3.18.